The fraction of sp³-hybridized carbons (Fsp3) is 0.111. The molecule has 0 aliphatic carbocycles. The number of aryl methyl sites for hydroxylation is 1. The predicted octanol–water partition coefficient (Wildman–Crippen LogP) is 0.201. The van der Waals surface area contributed by atoms with Crippen molar-refractivity contribution < 1.29 is 0 Å². The van der Waals surface area contributed by atoms with Crippen molar-refractivity contribution in [3.05, 3.63) is 30.5 Å². The summed E-state index contributed by atoms with van der Waals surface area (Å²) in [5, 5.41) is 12.0. The molecular weight excluding hydrogens is 206 g/mol. The van der Waals surface area contributed by atoms with E-state index in [1.807, 2.05) is 13.1 Å². The molecule has 0 unspecified atom stereocenters. The van der Waals surface area contributed by atoms with Crippen molar-refractivity contribution >= 4 is 11.5 Å². The second-order valence-corrected chi connectivity index (χ2v) is 3.45. The van der Waals surface area contributed by atoms with Gasteiger partial charge in [0.1, 0.15) is 12.1 Å². The predicted molar refractivity (Wildman–Crippen MR) is 57.1 cm³/mol. The largest absolute Gasteiger partial charge is 0.382 e. The van der Waals surface area contributed by atoms with E-state index in [0.29, 0.717) is 17.3 Å². The van der Waals surface area contributed by atoms with E-state index in [4.69, 9.17) is 5.73 Å². The Morgan fingerprint density at radius 1 is 1.38 bits per heavy atom. The monoisotopic (exact) mass is 215 g/mol. The molecule has 16 heavy (non-hydrogen) atoms. The molecule has 3 rings (SSSR count). The third-order valence-corrected chi connectivity index (χ3v) is 2.35. The van der Waals surface area contributed by atoms with Crippen molar-refractivity contribution in [1.29, 1.82) is 0 Å². The molecule has 3 aromatic rings. The van der Waals surface area contributed by atoms with Crippen molar-refractivity contribution in [2.24, 2.45) is 0 Å². The van der Waals surface area contributed by atoms with Crippen LogP contribution in [0.5, 0.6) is 0 Å². The Hall–Kier alpha value is -2.44. The summed E-state index contributed by atoms with van der Waals surface area (Å²) >= 11 is 0. The van der Waals surface area contributed by atoms with Gasteiger partial charge in [0, 0.05) is 24.2 Å². The number of nitrogen functional groups attached to an aromatic ring is 1. The minimum absolute atomic E-state index is 0.489. The van der Waals surface area contributed by atoms with Crippen LogP contribution in [0.3, 0.4) is 0 Å². The summed E-state index contributed by atoms with van der Waals surface area (Å²) in [6.45, 7) is 1.89. The average molecular weight is 215 g/mol. The first-order valence-electron chi connectivity index (χ1n) is 4.72. The third-order valence-electron chi connectivity index (χ3n) is 2.35. The Labute approximate surface area is 90.5 Å². The maximum absolute atomic E-state index is 5.69. The standard InChI is InChI=1S/C9H9N7/c1-6-4-16(14-7(6)10)8-9-13-12-5-15(9)3-2-11-8/h2-5H,1H3,(H2,10,14). The lowest BCUT2D eigenvalue weighted by Gasteiger charge is -2.00. The summed E-state index contributed by atoms with van der Waals surface area (Å²) in [5.41, 5.74) is 7.24. The zero-order valence-electron chi connectivity index (χ0n) is 8.57. The van der Waals surface area contributed by atoms with Gasteiger partial charge in [-0.1, -0.05) is 0 Å². The van der Waals surface area contributed by atoms with Crippen molar-refractivity contribution in [3.8, 4) is 5.82 Å². The van der Waals surface area contributed by atoms with E-state index in [0.717, 1.165) is 5.56 Å². The topological polar surface area (TPSA) is 86.9 Å². The molecule has 7 nitrogen and oxygen atoms in total. The molecule has 3 heterocycles. The molecule has 0 saturated carbocycles. The van der Waals surface area contributed by atoms with Crippen LogP contribution in [-0.4, -0.2) is 29.4 Å². The highest BCUT2D eigenvalue weighted by atomic mass is 15.4. The zero-order chi connectivity index (χ0) is 11.1. The lowest BCUT2D eigenvalue weighted by atomic mass is 10.4. The number of hydrogen-bond donors (Lipinski definition) is 1. The van der Waals surface area contributed by atoms with E-state index < -0.39 is 0 Å². The van der Waals surface area contributed by atoms with Gasteiger partial charge in [0.05, 0.1) is 0 Å². The summed E-state index contributed by atoms with van der Waals surface area (Å²) in [6.07, 6.45) is 6.87. The number of hydrogen-bond acceptors (Lipinski definition) is 5. The minimum atomic E-state index is 0.489. The highest BCUT2D eigenvalue weighted by molar-refractivity contribution is 5.53. The van der Waals surface area contributed by atoms with E-state index in [-0.39, 0.29) is 0 Å². The normalized spacial score (nSPS) is 11.1. The highest BCUT2D eigenvalue weighted by Crippen LogP contribution is 2.13. The molecule has 0 aliphatic heterocycles. The number of nitrogens with zero attached hydrogens (tertiary/aromatic N) is 6. The molecule has 0 amide bonds. The first kappa shape index (κ1) is 8.84. The van der Waals surface area contributed by atoms with Crippen LogP contribution in [0.15, 0.2) is 24.9 Å². The molecule has 2 N–H and O–H groups in total. The van der Waals surface area contributed by atoms with Crippen LogP contribution in [0.25, 0.3) is 11.5 Å². The number of aromatic nitrogens is 6. The van der Waals surface area contributed by atoms with Gasteiger partial charge in [-0.15, -0.1) is 15.3 Å². The molecule has 0 saturated heterocycles. The van der Waals surface area contributed by atoms with Crippen LogP contribution in [0.2, 0.25) is 0 Å². The molecule has 0 spiro atoms. The van der Waals surface area contributed by atoms with Crippen molar-refractivity contribution in [2.45, 2.75) is 6.92 Å². The first-order chi connectivity index (χ1) is 7.75. The number of rotatable bonds is 1. The van der Waals surface area contributed by atoms with Crippen LogP contribution in [0, 0.1) is 6.92 Å². The molecule has 0 aromatic carbocycles. The van der Waals surface area contributed by atoms with Gasteiger partial charge in [0.25, 0.3) is 0 Å². The Bertz CT molecular complexity index is 631. The highest BCUT2D eigenvalue weighted by Gasteiger charge is 2.09. The Morgan fingerprint density at radius 2 is 2.25 bits per heavy atom. The second kappa shape index (κ2) is 3.02. The van der Waals surface area contributed by atoms with Gasteiger partial charge in [0.2, 0.25) is 5.65 Å². The Balaban J connectivity index is 2.29. The van der Waals surface area contributed by atoms with Gasteiger partial charge in [-0.25, -0.2) is 9.67 Å². The van der Waals surface area contributed by atoms with E-state index >= 15 is 0 Å². The molecule has 0 bridgehead atoms. The van der Waals surface area contributed by atoms with E-state index in [1.54, 1.807) is 27.8 Å². The van der Waals surface area contributed by atoms with E-state index in [9.17, 15) is 0 Å². The number of anilines is 1. The van der Waals surface area contributed by atoms with Crippen LogP contribution < -0.4 is 5.73 Å². The average Bonchev–Trinajstić information content (AvgIpc) is 2.85. The third kappa shape index (κ3) is 1.14. The van der Waals surface area contributed by atoms with Gasteiger partial charge in [0.15, 0.2) is 5.82 Å². The molecule has 3 aromatic heterocycles. The van der Waals surface area contributed by atoms with Gasteiger partial charge in [-0.05, 0) is 6.92 Å². The van der Waals surface area contributed by atoms with Crippen LogP contribution >= 0.6 is 0 Å². The van der Waals surface area contributed by atoms with Crippen molar-refractivity contribution in [2.75, 3.05) is 5.73 Å². The smallest absolute Gasteiger partial charge is 0.205 e. The molecule has 0 aliphatic rings. The number of nitrogens with two attached hydrogens (primary N) is 1. The molecule has 80 valence electrons. The van der Waals surface area contributed by atoms with Crippen molar-refractivity contribution in [3.63, 3.8) is 0 Å². The zero-order valence-corrected chi connectivity index (χ0v) is 8.57. The van der Waals surface area contributed by atoms with Gasteiger partial charge >= 0.3 is 0 Å². The molecule has 7 heteroatoms. The molecular formula is C9H9N7. The second-order valence-electron chi connectivity index (χ2n) is 3.45. The fourth-order valence-electron chi connectivity index (χ4n) is 1.49. The van der Waals surface area contributed by atoms with Gasteiger partial charge in [-0.3, -0.25) is 4.40 Å². The Morgan fingerprint density at radius 3 is 3.00 bits per heavy atom. The van der Waals surface area contributed by atoms with E-state index in [2.05, 4.69) is 20.3 Å². The van der Waals surface area contributed by atoms with Crippen LogP contribution in [-0.2, 0) is 0 Å². The summed E-state index contributed by atoms with van der Waals surface area (Å²) < 4.78 is 3.38. The van der Waals surface area contributed by atoms with Crippen molar-refractivity contribution in [1.82, 2.24) is 29.4 Å². The van der Waals surface area contributed by atoms with E-state index in [1.165, 1.54) is 0 Å². The lowest BCUT2D eigenvalue weighted by molar-refractivity contribution is 0.845. The maximum Gasteiger partial charge on any atom is 0.205 e. The maximum atomic E-state index is 5.69. The molecule has 0 atom stereocenters. The quantitative estimate of drug-likeness (QED) is 0.626. The lowest BCUT2D eigenvalue weighted by Crippen LogP contribution is -2.02. The van der Waals surface area contributed by atoms with Gasteiger partial charge in [-0.2, -0.15) is 0 Å². The molecule has 0 radical (unpaired) electrons. The minimum Gasteiger partial charge on any atom is -0.382 e. The summed E-state index contributed by atoms with van der Waals surface area (Å²) in [6, 6.07) is 0. The number of fused-ring (bicyclic) bond motifs is 1. The molecule has 0 fully saturated rings. The fourth-order valence-corrected chi connectivity index (χ4v) is 1.49. The summed E-state index contributed by atoms with van der Waals surface area (Å²) in [4.78, 5) is 4.23. The first-order valence-corrected chi connectivity index (χ1v) is 4.72. The summed E-state index contributed by atoms with van der Waals surface area (Å²) in [7, 11) is 0. The van der Waals surface area contributed by atoms with Gasteiger partial charge < -0.3 is 5.73 Å². The van der Waals surface area contributed by atoms with Crippen LogP contribution in [0.1, 0.15) is 5.56 Å². The Kier molecular flexibility index (Phi) is 1.67. The summed E-state index contributed by atoms with van der Waals surface area (Å²) in [5.74, 6) is 1.10. The van der Waals surface area contributed by atoms with Crippen LogP contribution in [0.4, 0.5) is 5.82 Å². The SMILES string of the molecule is Cc1cn(-c2nccn3cnnc23)nc1N.